The predicted molar refractivity (Wildman–Crippen MR) is 115 cm³/mol. The zero-order valence-corrected chi connectivity index (χ0v) is 17.8. The summed E-state index contributed by atoms with van der Waals surface area (Å²) < 4.78 is 13.4. The van der Waals surface area contributed by atoms with E-state index in [4.69, 9.17) is 0 Å². The Labute approximate surface area is 189 Å². The Kier molecular flexibility index (Phi) is 5.37. The number of piperazine rings is 1. The van der Waals surface area contributed by atoms with Gasteiger partial charge in [-0.2, -0.15) is 4.39 Å². The van der Waals surface area contributed by atoms with Gasteiger partial charge in [0.1, 0.15) is 11.9 Å². The van der Waals surface area contributed by atoms with Gasteiger partial charge in [-0.05, 0) is 36.2 Å². The number of anilines is 1. The van der Waals surface area contributed by atoms with E-state index in [9.17, 15) is 23.6 Å². The van der Waals surface area contributed by atoms with Crippen molar-refractivity contribution in [1.29, 1.82) is 0 Å². The van der Waals surface area contributed by atoms with Crippen molar-refractivity contribution >= 4 is 29.4 Å². The number of pyridine rings is 1. The molecule has 1 aromatic carbocycles. The number of imide groups is 2. The number of nitrogens with one attached hydrogen (secondary N) is 1. The highest BCUT2D eigenvalue weighted by molar-refractivity contribution is 6.23. The molecule has 2 saturated heterocycles. The molecule has 2 aromatic rings. The van der Waals surface area contributed by atoms with Crippen LogP contribution in [-0.2, 0) is 16.1 Å². The van der Waals surface area contributed by atoms with Crippen LogP contribution in [0, 0.1) is 5.95 Å². The summed E-state index contributed by atoms with van der Waals surface area (Å²) in [6.07, 6.45) is 0.222. The quantitative estimate of drug-likeness (QED) is 0.545. The number of hydrogen-bond donors (Lipinski definition) is 1. The lowest BCUT2D eigenvalue weighted by Gasteiger charge is -2.35. The number of rotatable bonds is 4. The number of aromatic nitrogens is 1. The highest BCUT2D eigenvalue weighted by Crippen LogP contribution is 2.29. The molecular formula is C23H22FN5O4. The lowest BCUT2D eigenvalue weighted by atomic mass is 10.0. The Balaban J connectivity index is 1.26. The Morgan fingerprint density at radius 1 is 0.970 bits per heavy atom. The number of fused-ring (bicyclic) bond motifs is 1. The molecular weight excluding hydrogens is 429 g/mol. The maximum atomic E-state index is 13.4. The second-order valence-electron chi connectivity index (χ2n) is 8.41. The number of halogens is 1. The van der Waals surface area contributed by atoms with Gasteiger partial charge in [0.25, 0.3) is 11.8 Å². The van der Waals surface area contributed by atoms with Crippen molar-refractivity contribution in [3.05, 3.63) is 59.0 Å². The van der Waals surface area contributed by atoms with Gasteiger partial charge < -0.3 is 4.90 Å². The van der Waals surface area contributed by atoms with Gasteiger partial charge in [-0.15, -0.1) is 0 Å². The fourth-order valence-electron chi connectivity index (χ4n) is 4.58. The molecule has 4 heterocycles. The van der Waals surface area contributed by atoms with Crippen LogP contribution in [0.5, 0.6) is 0 Å². The molecule has 33 heavy (non-hydrogen) atoms. The van der Waals surface area contributed by atoms with Crippen molar-refractivity contribution in [3.63, 3.8) is 0 Å². The van der Waals surface area contributed by atoms with E-state index in [-0.39, 0.29) is 24.0 Å². The highest BCUT2D eigenvalue weighted by atomic mass is 19.1. The molecule has 3 aliphatic heterocycles. The predicted octanol–water partition coefficient (Wildman–Crippen LogP) is 0.944. The van der Waals surface area contributed by atoms with Gasteiger partial charge in [0.15, 0.2) is 0 Å². The minimum Gasteiger partial charge on any atom is -0.354 e. The first-order valence-electron chi connectivity index (χ1n) is 10.8. The molecule has 0 radical (unpaired) electrons. The van der Waals surface area contributed by atoms with Gasteiger partial charge in [-0.3, -0.25) is 34.3 Å². The summed E-state index contributed by atoms with van der Waals surface area (Å²) in [7, 11) is 0. The first-order valence-corrected chi connectivity index (χ1v) is 10.8. The number of benzene rings is 1. The van der Waals surface area contributed by atoms with Gasteiger partial charge in [0, 0.05) is 39.1 Å². The molecule has 1 atom stereocenters. The van der Waals surface area contributed by atoms with Crippen LogP contribution in [0.15, 0.2) is 36.4 Å². The zero-order chi connectivity index (χ0) is 23.1. The van der Waals surface area contributed by atoms with Crippen molar-refractivity contribution in [3.8, 4) is 0 Å². The monoisotopic (exact) mass is 451 g/mol. The van der Waals surface area contributed by atoms with Gasteiger partial charge in [0.2, 0.25) is 17.8 Å². The van der Waals surface area contributed by atoms with E-state index in [1.807, 2.05) is 11.0 Å². The van der Waals surface area contributed by atoms with E-state index in [1.165, 1.54) is 6.07 Å². The van der Waals surface area contributed by atoms with Crippen LogP contribution in [0.3, 0.4) is 0 Å². The van der Waals surface area contributed by atoms with Gasteiger partial charge in [-0.1, -0.05) is 12.1 Å². The molecule has 3 aliphatic rings. The molecule has 0 bridgehead atoms. The van der Waals surface area contributed by atoms with E-state index >= 15 is 0 Å². The fraction of sp³-hybridized carbons (Fsp3) is 0.348. The molecule has 1 aromatic heterocycles. The lowest BCUT2D eigenvalue weighted by molar-refractivity contribution is -0.136. The number of carbonyl (C=O) groups is 4. The van der Waals surface area contributed by atoms with E-state index in [0.29, 0.717) is 25.5 Å². The second-order valence-corrected chi connectivity index (χ2v) is 8.41. The van der Waals surface area contributed by atoms with Crippen LogP contribution in [0.1, 0.15) is 39.1 Å². The number of nitrogens with zero attached hydrogens (tertiary/aromatic N) is 4. The molecule has 4 amide bonds. The normalized spacial score (nSPS) is 21.4. The summed E-state index contributed by atoms with van der Waals surface area (Å²) in [6.45, 7) is 3.47. The van der Waals surface area contributed by atoms with E-state index in [1.54, 1.807) is 24.3 Å². The fourth-order valence-corrected chi connectivity index (χ4v) is 4.58. The molecule has 9 nitrogen and oxygen atoms in total. The van der Waals surface area contributed by atoms with Gasteiger partial charge >= 0.3 is 0 Å². The third-order valence-electron chi connectivity index (χ3n) is 6.31. The Bertz CT molecular complexity index is 1160. The SMILES string of the molecule is O=C1CCC(N2C(=O)c3ccc(CN4CCN(c5cccc(F)n5)CC4)cc3C2=O)C(=O)N1. The molecule has 0 aliphatic carbocycles. The van der Waals surface area contributed by atoms with Crippen LogP contribution in [0.4, 0.5) is 10.2 Å². The van der Waals surface area contributed by atoms with Crippen molar-refractivity contribution in [2.45, 2.75) is 25.4 Å². The number of amides is 4. The van der Waals surface area contributed by atoms with E-state index < -0.39 is 35.6 Å². The zero-order valence-electron chi connectivity index (χ0n) is 17.8. The summed E-state index contributed by atoms with van der Waals surface area (Å²) >= 11 is 0. The highest BCUT2D eigenvalue weighted by Gasteiger charge is 2.44. The average molecular weight is 451 g/mol. The maximum Gasteiger partial charge on any atom is 0.262 e. The molecule has 0 spiro atoms. The van der Waals surface area contributed by atoms with Crippen molar-refractivity contribution in [2.24, 2.45) is 0 Å². The lowest BCUT2D eigenvalue weighted by Crippen LogP contribution is -2.54. The summed E-state index contributed by atoms with van der Waals surface area (Å²) in [5, 5.41) is 2.20. The third-order valence-corrected chi connectivity index (χ3v) is 6.31. The molecule has 10 heteroatoms. The molecule has 2 fully saturated rings. The summed E-state index contributed by atoms with van der Waals surface area (Å²) in [5.74, 6) is -1.92. The maximum absolute atomic E-state index is 13.4. The van der Waals surface area contributed by atoms with E-state index in [2.05, 4.69) is 15.2 Å². The van der Waals surface area contributed by atoms with Crippen molar-refractivity contribution < 1.29 is 23.6 Å². The minimum atomic E-state index is -0.969. The summed E-state index contributed by atoms with van der Waals surface area (Å²) in [6, 6.07) is 8.94. The van der Waals surface area contributed by atoms with Gasteiger partial charge in [0.05, 0.1) is 11.1 Å². The molecule has 1 unspecified atom stereocenters. The molecule has 5 rings (SSSR count). The standard InChI is InChI=1S/C23H22FN5O4/c24-18-2-1-3-19(25-18)28-10-8-27(9-11-28)13-14-4-5-15-16(12-14)23(33)29(22(15)32)17-6-7-20(30)26-21(17)31/h1-5,12,17H,6-11,13H2,(H,26,30,31). The smallest absolute Gasteiger partial charge is 0.262 e. The minimum absolute atomic E-state index is 0.0895. The van der Waals surface area contributed by atoms with Crippen molar-refractivity contribution in [2.75, 3.05) is 31.1 Å². The van der Waals surface area contributed by atoms with Crippen molar-refractivity contribution in [1.82, 2.24) is 20.1 Å². The van der Waals surface area contributed by atoms with Crippen LogP contribution < -0.4 is 10.2 Å². The topological polar surface area (TPSA) is 103 Å². The Hall–Kier alpha value is -3.66. The van der Waals surface area contributed by atoms with Crippen LogP contribution in [-0.4, -0.2) is 70.6 Å². The van der Waals surface area contributed by atoms with Gasteiger partial charge in [-0.25, -0.2) is 4.98 Å². The second kappa shape index (κ2) is 8.36. The van der Waals surface area contributed by atoms with Crippen LogP contribution >= 0.6 is 0 Å². The molecule has 170 valence electrons. The Morgan fingerprint density at radius 3 is 2.45 bits per heavy atom. The summed E-state index contributed by atoms with van der Waals surface area (Å²) in [5.41, 5.74) is 1.44. The van der Waals surface area contributed by atoms with Crippen LogP contribution in [0.25, 0.3) is 0 Å². The number of hydrogen-bond acceptors (Lipinski definition) is 7. The number of carbonyl (C=O) groups excluding carboxylic acids is 4. The Morgan fingerprint density at radius 2 is 1.73 bits per heavy atom. The van der Waals surface area contributed by atoms with E-state index in [0.717, 1.165) is 23.6 Å². The first-order chi connectivity index (χ1) is 15.9. The molecule has 1 N–H and O–H groups in total. The average Bonchev–Trinajstić information content (AvgIpc) is 3.04. The number of piperidine rings is 1. The summed E-state index contributed by atoms with van der Waals surface area (Å²) in [4.78, 5) is 58.6. The third kappa shape index (κ3) is 3.97. The van der Waals surface area contributed by atoms with Crippen LogP contribution in [0.2, 0.25) is 0 Å². The first kappa shape index (κ1) is 21.2. The molecule has 0 saturated carbocycles. The largest absolute Gasteiger partial charge is 0.354 e.